The van der Waals surface area contributed by atoms with Crippen LogP contribution in [0.2, 0.25) is 0 Å². The number of para-hydroxylation sites is 1. The lowest BCUT2D eigenvalue weighted by atomic mass is 10.00. The quantitative estimate of drug-likeness (QED) is 0.415. The molecular formula is C23H22N3+. The minimum Gasteiger partial charge on any atom is -0.296 e. The van der Waals surface area contributed by atoms with Gasteiger partial charge in [0.25, 0.3) is 0 Å². The summed E-state index contributed by atoms with van der Waals surface area (Å²) < 4.78 is 27.5. The lowest BCUT2D eigenvalue weighted by Crippen LogP contribution is -2.31. The van der Waals surface area contributed by atoms with E-state index in [1.165, 1.54) is 11.3 Å². The molecule has 128 valence electrons. The van der Waals surface area contributed by atoms with Crippen LogP contribution < -0.4 is 4.57 Å². The predicted octanol–water partition coefficient (Wildman–Crippen LogP) is 4.35. The Labute approximate surface area is 157 Å². The molecule has 0 saturated heterocycles. The zero-order valence-corrected chi connectivity index (χ0v) is 15.2. The summed E-state index contributed by atoms with van der Waals surface area (Å²) >= 11 is 0. The van der Waals surface area contributed by atoms with Crippen LogP contribution in [-0.4, -0.2) is 9.55 Å². The standard InChI is InChI=1S/C23H22N3/c1-14-9-10-19-23(22(14)20-11-15(2)16(3)13-25(20)4)24-21-12-17-7-5-6-8-18(17)26(19)21/h5-11,13H,12H2,1-4H3/q+1/i3D3. The van der Waals surface area contributed by atoms with Crippen molar-refractivity contribution in [1.29, 1.82) is 0 Å². The zero-order chi connectivity index (χ0) is 20.5. The van der Waals surface area contributed by atoms with E-state index in [0.29, 0.717) is 5.56 Å². The number of nitrogens with zero attached hydrogens (tertiary/aromatic N) is 3. The number of hydrogen-bond donors (Lipinski definition) is 0. The van der Waals surface area contributed by atoms with Crippen LogP contribution in [0.15, 0.2) is 48.7 Å². The average Bonchev–Trinajstić information content (AvgIpc) is 3.18. The fourth-order valence-electron chi connectivity index (χ4n) is 4.05. The Bertz CT molecular complexity index is 1300. The molecule has 1 aliphatic heterocycles. The summed E-state index contributed by atoms with van der Waals surface area (Å²) in [5.74, 6) is 1.05. The molecule has 5 rings (SSSR count). The minimum absolute atomic E-state index is 0.384. The van der Waals surface area contributed by atoms with Gasteiger partial charge in [-0.2, -0.15) is 0 Å². The van der Waals surface area contributed by atoms with E-state index in [4.69, 9.17) is 9.10 Å². The summed E-state index contributed by atoms with van der Waals surface area (Å²) in [6, 6.07) is 14.7. The molecule has 3 heteroatoms. The van der Waals surface area contributed by atoms with Crippen LogP contribution in [0.25, 0.3) is 28.0 Å². The molecule has 3 nitrogen and oxygen atoms in total. The highest BCUT2D eigenvalue weighted by Crippen LogP contribution is 2.36. The van der Waals surface area contributed by atoms with E-state index in [0.717, 1.165) is 45.7 Å². The van der Waals surface area contributed by atoms with Crippen molar-refractivity contribution in [2.45, 2.75) is 27.1 Å². The Morgan fingerprint density at radius 2 is 1.92 bits per heavy atom. The molecule has 0 amide bonds. The smallest absolute Gasteiger partial charge is 0.215 e. The summed E-state index contributed by atoms with van der Waals surface area (Å²) in [6.45, 7) is 1.82. The van der Waals surface area contributed by atoms with Gasteiger partial charge in [0.2, 0.25) is 5.69 Å². The molecule has 0 bridgehead atoms. The average molecular weight is 343 g/mol. The van der Waals surface area contributed by atoms with Crippen molar-refractivity contribution < 1.29 is 8.68 Å². The summed E-state index contributed by atoms with van der Waals surface area (Å²) in [5, 5.41) is 0. The van der Waals surface area contributed by atoms with Crippen LogP contribution in [0.1, 0.15) is 32.2 Å². The Kier molecular flexibility index (Phi) is 2.52. The molecule has 0 atom stereocenters. The summed E-state index contributed by atoms with van der Waals surface area (Å²) in [7, 11) is 1.90. The first-order chi connectivity index (χ1) is 13.8. The maximum Gasteiger partial charge on any atom is 0.215 e. The molecule has 1 aliphatic rings. The molecule has 26 heavy (non-hydrogen) atoms. The van der Waals surface area contributed by atoms with Gasteiger partial charge in [0.15, 0.2) is 6.20 Å². The van der Waals surface area contributed by atoms with Gasteiger partial charge < -0.3 is 0 Å². The SMILES string of the molecule is [2H]C([2H])([2H])c1c[n+](C)c(-c2c(C)ccc3c2nc2n3-c3ccccc3C2)cc1C. The van der Waals surface area contributed by atoms with Crippen molar-refractivity contribution >= 4 is 11.0 Å². The largest absolute Gasteiger partial charge is 0.296 e. The molecule has 3 heterocycles. The van der Waals surface area contributed by atoms with E-state index in [-0.39, 0.29) is 0 Å². The monoisotopic (exact) mass is 343 g/mol. The highest BCUT2D eigenvalue weighted by atomic mass is 15.1. The molecule has 0 aliphatic carbocycles. The van der Waals surface area contributed by atoms with Crippen molar-refractivity contribution in [2.24, 2.45) is 7.05 Å². The molecule has 0 N–H and O–H groups in total. The molecule has 2 aromatic heterocycles. The zero-order valence-electron chi connectivity index (χ0n) is 18.2. The minimum atomic E-state index is -2.12. The van der Waals surface area contributed by atoms with Gasteiger partial charge in [-0.05, 0) is 49.5 Å². The van der Waals surface area contributed by atoms with Crippen molar-refractivity contribution in [3.8, 4) is 16.9 Å². The summed E-state index contributed by atoms with van der Waals surface area (Å²) in [5.41, 5.74) is 8.85. The van der Waals surface area contributed by atoms with Crippen molar-refractivity contribution in [3.05, 3.63) is 76.7 Å². The maximum absolute atomic E-state index is 7.80. The number of fused-ring (bicyclic) bond motifs is 5. The lowest BCUT2D eigenvalue weighted by Gasteiger charge is -2.09. The highest BCUT2D eigenvalue weighted by molar-refractivity contribution is 5.94. The second-order valence-corrected chi connectivity index (χ2v) is 7.16. The van der Waals surface area contributed by atoms with Crippen LogP contribution in [-0.2, 0) is 13.5 Å². The van der Waals surface area contributed by atoms with Crippen LogP contribution in [0, 0.1) is 20.7 Å². The lowest BCUT2D eigenvalue weighted by molar-refractivity contribution is -0.660. The van der Waals surface area contributed by atoms with Crippen molar-refractivity contribution in [1.82, 2.24) is 9.55 Å². The molecule has 0 unspecified atom stereocenters. The predicted molar refractivity (Wildman–Crippen MR) is 105 cm³/mol. The van der Waals surface area contributed by atoms with Crippen molar-refractivity contribution in [2.75, 3.05) is 0 Å². The number of imidazole rings is 1. The van der Waals surface area contributed by atoms with Gasteiger partial charge in [0, 0.05) is 22.2 Å². The third-order valence-electron chi connectivity index (χ3n) is 5.42. The molecular weight excluding hydrogens is 318 g/mol. The normalized spacial score (nSPS) is 14.7. The van der Waals surface area contributed by atoms with Gasteiger partial charge in [-0.3, -0.25) is 4.57 Å². The Morgan fingerprint density at radius 3 is 2.77 bits per heavy atom. The second-order valence-electron chi connectivity index (χ2n) is 7.16. The number of benzene rings is 2. The summed E-state index contributed by atoms with van der Waals surface area (Å²) in [4.78, 5) is 5.03. The first-order valence-corrected chi connectivity index (χ1v) is 8.86. The molecule has 0 fully saturated rings. The van der Waals surface area contributed by atoms with Crippen LogP contribution in [0.3, 0.4) is 0 Å². The van der Waals surface area contributed by atoms with Gasteiger partial charge in [-0.15, -0.1) is 0 Å². The Morgan fingerprint density at radius 1 is 1.08 bits per heavy atom. The third-order valence-corrected chi connectivity index (χ3v) is 5.42. The fraction of sp³-hybridized carbons (Fsp3) is 0.217. The van der Waals surface area contributed by atoms with Gasteiger partial charge in [-0.25, -0.2) is 9.55 Å². The number of hydrogen-bond acceptors (Lipinski definition) is 1. The second kappa shape index (κ2) is 5.28. The summed E-state index contributed by atoms with van der Waals surface area (Å²) in [6.07, 6.45) is 2.56. The van der Waals surface area contributed by atoms with E-state index in [9.17, 15) is 0 Å². The molecule has 0 saturated carbocycles. The van der Waals surface area contributed by atoms with E-state index >= 15 is 0 Å². The van der Waals surface area contributed by atoms with Crippen LogP contribution in [0.4, 0.5) is 0 Å². The maximum atomic E-state index is 7.80. The third kappa shape index (κ3) is 2.00. The molecule has 0 spiro atoms. The first kappa shape index (κ1) is 12.4. The highest BCUT2D eigenvalue weighted by Gasteiger charge is 2.26. The fourth-order valence-corrected chi connectivity index (χ4v) is 4.05. The number of pyridine rings is 1. The molecule has 0 radical (unpaired) electrons. The van der Waals surface area contributed by atoms with E-state index in [2.05, 4.69) is 47.9 Å². The Hall–Kier alpha value is -2.94. The van der Waals surface area contributed by atoms with Gasteiger partial charge in [0.1, 0.15) is 18.4 Å². The van der Waals surface area contributed by atoms with Crippen molar-refractivity contribution in [3.63, 3.8) is 0 Å². The molecule has 4 aromatic rings. The van der Waals surface area contributed by atoms with E-state index < -0.39 is 6.85 Å². The van der Waals surface area contributed by atoms with Gasteiger partial charge in [0.05, 0.1) is 16.8 Å². The molecule has 2 aromatic carbocycles. The van der Waals surface area contributed by atoms with Crippen LogP contribution in [0.5, 0.6) is 0 Å². The number of aryl methyl sites for hydroxylation is 4. The van der Waals surface area contributed by atoms with Crippen LogP contribution >= 0.6 is 0 Å². The van der Waals surface area contributed by atoms with Gasteiger partial charge >= 0.3 is 0 Å². The number of aromatic nitrogens is 3. The first-order valence-electron chi connectivity index (χ1n) is 10.4. The van der Waals surface area contributed by atoms with E-state index in [1.807, 2.05) is 24.6 Å². The Balaban J connectivity index is 1.78. The topological polar surface area (TPSA) is 21.7 Å². The van der Waals surface area contributed by atoms with Gasteiger partial charge in [-0.1, -0.05) is 24.3 Å². The van der Waals surface area contributed by atoms with E-state index in [1.54, 1.807) is 6.20 Å². The number of rotatable bonds is 1.